The number of aryl methyl sites for hydroxylation is 2. The van der Waals surface area contributed by atoms with Gasteiger partial charge in [-0.3, -0.25) is 14.4 Å². The number of hydrogen-bond donors (Lipinski definition) is 1. The Kier molecular flexibility index (Phi) is 5.41. The van der Waals surface area contributed by atoms with Gasteiger partial charge in [0.2, 0.25) is 0 Å². The molecule has 0 spiro atoms. The van der Waals surface area contributed by atoms with Crippen molar-refractivity contribution in [3.05, 3.63) is 70.4 Å². The second-order valence-electron chi connectivity index (χ2n) is 6.69. The van der Waals surface area contributed by atoms with Crippen molar-refractivity contribution in [1.82, 2.24) is 24.6 Å². The van der Waals surface area contributed by atoms with Crippen molar-refractivity contribution in [2.45, 2.75) is 19.5 Å². The molecule has 27 heavy (non-hydrogen) atoms. The standard InChI is InChI=1S/C20H23N5O2/c26-19-14-18(6-9-25-8-1-7-21-25)22-20(23-19)17-4-2-16(3-5-17)15-24-10-12-27-13-11-24/h1-5,7-8,14H,6,9-13,15H2,(H,22,23,26). The van der Waals surface area contributed by atoms with E-state index in [1.807, 2.05) is 29.1 Å². The Bertz CT molecular complexity index is 912. The molecule has 0 bridgehead atoms. The second-order valence-corrected chi connectivity index (χ2v) is 6.69. The highest BCUT2D eigenvalue weighted by Gasteiger charge is 2.11. The highest BCUT2D eigenvalue weighted by molar-refractivity contribution is 5.55. The van der Waals surface area contributed by atoms with E-state index in [0.29, 0.717) is 18.8 Å². The third-order valence-electron chi connectivity index (χ3n) is 4.69. The van der Waals surface area contributed by atoms with Crippen molar-refractivity contribution in [1.29, 1.82) is 0 Å². The summed E-state index contributed by atoms with van der Waals surface area (Å²) in [5.74, 6) is 0.607. The predicted molar refractivity (Wildman–Crippen MR) is 102 cm³/mol. The zero-order chi connectivity index (χ0) is 18.5. The topological polar surface area (TPSA) is 76.0 Å². The summed E-state index contributed by atoms with van der Waals surface area (Å²) in [4.78, 5) is 21.9. The van der Waals surface area contributed by atoms with E-state index in [9.17, 15) is 4.79 Å². The lowest BCUT2D eigenvalue weighted by Gasteiger charge is -2.26. The van der Waals surface area contributed by atoms with Crippen molar-refractivity contribution >= 4 is 0 Å². The maximum atomic E-state index is 12.0. The highest BCUT2D eigenvalue weighted by atomic mass is 16.5. The third-order valence-corrected chi connectivity index (χ3v) is 4.69. The van der Waals surface area contributed by atoms with E-state index < -0.39 is 0 Å². The Hall–Kier alpha value is -2.77. The molecule has 1 aliphatic rings. The summed E-state index contributed by atoms with van der Waals surface area (Å²) in [5.41, 5.74) is 2.80. The number of H-pyrrole nitrogens is 1. The molecule has 2 aromatic heterocycles. The number of benzene rings is 1. The summed E-state index contributed by atoms with van der Waals surface area (Å²) in [6.45, 7) is 5.14. The van der Waals surface area contributed by atoms with Gasteiger partial charge < -0.3 is 9.72 Å². The van der Waals surface area contributed by atoms with E-state index in [4.69, 9.17) is 4.74 Å². The number of nitrogens with zero attached hydrogens (tertiary/aromatic N) is 4. The number of ether oxygens (including phenoxy) is 1. The number of hydrogen-bond acceptors (Lipinski definition) is 5. The first-order valence-electron chi connectivity index (χ1n) is 9.23. The minimum absolute atomic E-state index is 0.132. The van der Waals surface area contributed by atoms with Gasteiger partial charge in [0, 0.05) is 56.6 Å². The lowest BCUT2D eigenvalue weighted by Crippen LogP contribution is -2.35. The fraction of sp³-hybridized carbons (Fsp3) is 0.350. The van der Waals surface area contributed by atoms with Crippen LogP contribution in [0.4, 0.5) is 0 Å². The molecule has 3 aromatic rings. The van der Waals surface area contributed by atoms with Crippen molar-refractivity contribution in [2.75, 3.05) is 26.3 Å². The lowest BCUT2D eigenvalue weighted by molar-refractivity contribution is 0.0342. The van der Waals surface area contributed by atoms with Gasteiger partial charge in [0.15, 0.2) is 0 Å². The van der Waals surface area contributed by atoms with E-state index in [1.54, 1.807) is 12.3 Å². The fourth-order valence-corrected chi connectivity index (χ4v) is 3.22. The second kappa shape index (κ2) is 8.28. The van der Waals surface area contributed by atoms with Gasteiger partial charge in [0.05, 0.1) is 18.9 Å². The zero-order valence-electron chi connectivity index (χ0n) is 15.2. The summed E-state index contributed by atoms with van der Waals surface area (Å²) in [6.07, 6.45) is 4.31. The summed E-state index contributed by atoms with van der Waals surface area (Å²) in [6, 6.07) is 11.7. The van der Waals surface area contributed by atoms with Crippen LogP contribution in [-0.2, 0) is 24.2 Å². The van der Waals surface area contributed by atoms with Gasteiger partial charge >= 0.3 is 0 Å². The van der Waals surface area contributed by atoms with Crippen molar-refractivity contribution in [3.63, 3.8) is 0 Å². The van der Waals surface area contributed by atoms with Gasteiger partial charge in [-0.1, -0.05) is 24.3 Å². The lowest BCUT2D eigenvalue weighted by atomic mass is 10.1. The SMILES string of the molecule is O=c1cc(CCn2cccn2)nc(-c2ccc(CN3CCOCC3)cc2)[nH]1. The molecule has 1 aliphatic heterocycles. The van der Waals surface area contributed by atoms with E-state index in [0.717, 1.165) is 44.1 Å². The van der Waals surface area contributed by atoms with Gasteiger partial charge in [-0.25, -0.2) is 4.98 Å². The van der Waals surface area contributed by atoms with Crippen molar-refractivity contribution in [2.24, 2.45) is 0 Å². The predicted octanol–water partition coefficient (Wildman–Crippen LogP) is 1.71. The monoisotopic (exact) mass is 365 g/mol. The Labute approximate surface area is 157 Å². The molecule has 140 valence electrons. The van der Waals surface area contributed by atoms with Gasteiger partial charge in [-0.2, -0.15) is 5.10 Å². The Morgan fingerprint density at radius 2 is 1.96 bits per heavy atom. The molecule has 0 unspecified atom stereocenters. The van der Waals surface area contributed by atoms with Gasteiger partial charge in [-0.15, -0.1) is 0 Å². The van der Waals surface area contributed by atoms with Crippen LogP contribution < -0.4 is 5.56 Å². The normalized spacial score (nSPS) is 15.1. The molecular weight excluding hydrogens is 342 g/mol. The molecule has 1 N–H and O–H groups in total. The molecule has 4 rings (SSSR count). The molecule has 0 radical (unpaired) electrons. The molecule has 0 atom stereocenters. The minimum atomic E-state index is -0.132. The van der Waals surface area contributed by atoms with Crippen molar-refractivity contribution in [3.8, 4) is 11.4 Å². The van der Waals surface area contributed by atoms with E-state index in [2.05, 4.69) is 32.1 Å². The largest absolute Gasteiger partial charge is 0.379 e. The van der Waals surface area contributed by atoms with Crippen LogP contribution in [0.3, 0.4) is 0 Å². The van der Waals surface area contributed by atoms with Crippen LogP contribution in [-0.4, -0.2) is 51.0 Å². The molecule has 7 heteroatoms. The average Bonchev–Trinajstić information content (AvgIpc) is 3.21. The first-order chi connectivity index (χ1) is 13.3. The molecule has 0 aliphatic carbocycles. The van der Waals surface area contributed by atoms with E-state index in [-0.39, 0.29) is 5.56 Å². The molecule has 0 amide bonds. The Morgan fingerprint density at radius 3 is 2.70 bits per heavy atom. The van der Waals surface area contributed by atoms with E-state index >= 15 is 0 Å². The summed E-state index contributed by atoms with van der Waals surface area (Å²) < 4.78 is 7.23. The van der Waals surface area contributed by atoms with Crippen molar-refractivity contribution < 1.29 is 4.74 Å². The molecular formula is C20H23N5O2. The third kappa shape index (κ3) is 4.69. The molecule has 1 fully saturated rings. The maximum Gasteiger partial charge on any atom is 0.251 e. The first-order valence-corrected chi connectivity index (χ1v) is 9.23. The summed E-state index contributed by atoms with van der Waals surface area (Å²) in [7, 11) is 0. The zero-order valence-corrected chi connectivity index (χ0v) is 15.2. The summed E-state index contributed by atoms with van der Waals surface area (Å²) in [5, 5.41) is 4.18. The van der Waals surface area contributed by atoms with Crippen LogP contribution in [0.2, 0.25) is 0 Å². The number of aromatic amines is 1. The quantitative estimate of drug-likeness (QED) is 0.720. The van der Waals surface area contributed by atoms with Gasteiger partial charge in [-0.05, 0) is 11.6 Å². The number of morpholine rings is 1. The van der Waals surface area contributed by atoms with Crippen LogP contribution >= 0.6 is 0 Å². The molecule has 1 aromatic carbocycles. The first kappa shape index (κ1) is 17.6. The van der Waals surface area contributed by atoms with Gasteiger partial charge in [0.1, 0.15) is 5.82 Å². The number of rotatable bonds is 6. The summed E-state index contributed by atoms with van der Waals surface area (Å²) >= 11 is 0. The Morgan fingerprint density at radius 1 is 1.15 bits per heavy atom. The molecule has 0 saturated carbocycles. The smallest absolute Gasteiger partial charge is 0.251 e. The minimum Gasteiger partial charge on any atom is -0.379 e. The molecule has 7 nitrogen and oxygen atoms in total. The van der Waals surface area contributed by atoms with Crippen LogP contribution in [0.15, 0.2) is 53.6 Å². The number of nitrogens with one attached hydrogen (secondary N) is 1. The van der Waals surface area contributed by atoms with E-state index in [1.165, 1.54) is 5.56 Å². The fourth-order valence-electron chi connectivity index (χ4n) is 3.22. The maximum absolute atomic E-state index is 12.0. The average molecular weight is 365 g/mol. The molecule has 1 saturated heterocycles. The molecule has 3 heterocycles. The Balaban J connectivity index is 1.46. The van der Waals surface area contributed by atoms with Crippen LogP contribution in [0.1, 0.15) is 11.3 Å². The van der Waals surface area contributed by atoms with Crippen LogP contribution in [0, 0.1) is 0 Å². The number of aromatic nitrogens is 4. The highest BCUT2D eigenvalue weighted by Crippen LogP contribution is 2.16. The van der Waals surface area contributed by atoms with Crippen LogP contribution in [0.5, 0.6) is 0 Å². The van der Waals surface area contributed by atoms with Crippen LogP contribution in [0.25, 0.3) is 11.4 Å². The van der Waals surface area contributed by atoms with Gasteiger partial charge in [0.25, 0.3) is 5.56 Å².